The summed E-state index contributed by atoms with van der Waals surface area (Å²) in [6.07, 6.45) is -0.979. The molecule has 0 spiro atoms. The number of carbonyl (C=O) groups is 2. The summed E-state index contributed by atoms with van der Waals surface area (Å²) in [5, 5.41) is 18.3. The molecule has 3 amide bonds. The van der Waals surface area contributed by atoms with Crippen LogP contribution >= 0.6 is 0 Å². The van der Waals surface area contributed by atoms with Gasteiger partial charge in [0.2, 0.25) is 0 Å². The Labute approximate surface area is 163 Å². The molecule has 0 saturated carbocycles. The van der Waals surface area contributed by atoms with E-state index in [1.807, 2.05) is 0 Å². The molecule has 2 aromatic rings. The number of methoxy groups -OCH3 is 2. The SMILES string of the molecule is CNC(=O)c1ccc(NC(=O)NCC(O)c2cc(OC)ccc2OC)c(C)c1. The molecule has 0 aliphatic carbocycles. The van der Waals surface area contributed by atoms with Gasteiger partial charge in [-0.15, -0.1) is 0 Å². The van der Waals surface area contributed by atoms with E-state index in [0.717, 1.165) is 5.56 Å². The molecule has 0 radical (unpaired) electrons. The summed E-state index contributed by atoms with van der Waals surface area (Å²) in [5.41, 5.74) is 2.32. The lowest BCUT2D eigenvalue weighted by atomic mass is 10.1. The molecule has 2 rings (SSSR count). The molecule has 0 heterocycles. The van der Waals surface area contributed by atoms with Gasteiger partial charge in [0.1, 0.15) is 17.6 Å². The standard InChI is InChI=1S/C20H25N3O5/c1-12-9-13(19(25)21-2)5-7-16(12)23-20(26)22-11-17(24)15-10-14(27-3)6-8-18(15)28-4/h5-10,17,24H,11H2,1-4H3,(H,21,25)(H2,22,23,26). The number of rotatable bonds is 7. The summed E-state index contributed by atoms with van der Waals surface area (Å²) in [4.78, 5) is 23.8. The predicted molar refractivity (Wildman–Crippen MR) is 106 cm³/mol. The zero-order valence-electron chi connectivity index (χ0n) is 16.3. The van der Waals surface area contributed by atoms with Crippen LogP contribution in [0.3, 0.4) is 0 Å². The molecule has 28 heavy (non-hydrogen) atoms. The van der Waals surface area contributed by atoms with Gasteiger partial charge in [0.05, 0.1) is 14.2 Å². The minimum absolute atomic E-state index is 0.0231. The summed E-state index contributed by atoms with van der Waals surface area (Å²) in [7, 11) is 4.59. The zero-order chi connectivity index (χ0) is 20.7. The number of aryl methyl sites for hydroxylation is 1. The molecule has 0 saturated heterocycles. The molecule has 150 valence electrons. The number of ether oxygens (including phenoxy) is 2. The van der Waals surface area contributed by atoms with Crippen LogP contribution in [-0.4, -0.2) is 44.9 Å². The number of nitrogens with one attached hydrogen (secondary N) is 3. The summed E-state index contributed by atoms with van der Waals surface area (Å²) in [5.74, 6) is 0.872. The number of aliphatic hydroxyl groups excluding tert-OH is 1. The van der Waals surface area contributed by atoms with Crippen molar-refractivity contribution in [3.05, 3.63) is 53.1 Å². The van der Waals surface area contributed by atoms with E-state index in [1.54, 1.807) is 50.4 Å². The zero-order valence-corrected chi connectivity index (χ0v) is 16.3. The number of benzene rings is 2. The Morgan fingerprint density at radius 1 is 1.11 bits per heavy atom. The van der Waals surface area contributed by atoms with Crippen LogP contribution in [0.15, 0.2) is 36.4 Å². The third-order valence-corrected chi connectivity index (χ3v) is 4.22. The van der Waals surface area contributed by atoms with Gasteiger partial charge in [-0.05, 0) is 48.9 Å². The highest BCUT2D eigenvalue weighted by atomic mass is 16.5. The molecule has 0 bridgehead atoms. The van der Waals surface area contributed by atoms with Gasteiger partial charge in [0.15, 0.2) is 0 Å². The number of hydrogen-bond donors (Lipinski definition) is 4. The first-order valence-electron chi connectivity index (χ1n) is 8.67. The van der Waals surface area contributed by atoms with Crippen molar-refractivity contribution in [1.29, 1.82) is 0 Å². The van der Waals surface area contributed by atoms with Crippen molar-refractivity contribution < 1.29 is 24.2 Å². The molecule has 2 aromatic carbocycles. The fourth-order valence-electron chi connectivity index (χ4n) is 2.66. The molecular weight excluding hydrogens is 362 g/mol. The quantitative estimate of drug-likeness (QED) is 0.583. The molecule has 8 heteroatoms. The van der Waals surface area contributed by atoms with E-state index in [-0.39, 0.29) is 12.5 Å². The Morgan fingerprint density at radius 3 is 2.46 bits per heavy atom. The summed E-state index contributed by atoms with van der Waals surface area (Å²) in [6.45, 7) is 1.77. The van der Waals surface area contributed by atoms with Crippen molar-refractivity contribution in [2.24, 2.45) is 0 Å². The molecule has 1 unspecified atom stereocenters. The van der Waals surface area contributed by atoms with Crippen molar-refractivity contribution in [2.45, 2.75) is 13.0 Å². The smallest absolute Gasteiger partial charge is 0.319 e. The highest BCUT2D eigenvalue weighted by molar-refractivity contribution is 5.96. The minimum Gasteiger partial charge on any atom is -0.497 e. The molecule has 1 atom stereocenters. The van der Waals surface area contributed by atoms with Gasteiger partial charge in [-0.1, -0.05) is 0 Å². The lowest BCUT2D eigenvalue weighted by Crippen LogP contribution is -2.32. The fourth-order valence-corrected chi connectivity index (χ4v) is 2.66. The van der Waals surface area contributed by atoms with E-state index in [0.29, 0.717) is 28.3 Å². The Morgan fingerprint density at radius 2 is 1.86 bits per heavy atom. The van der Waals surface area contributed by atoms with Crippen LogP contribution in [0, 0.1) is 6.92 Å². The predicted octanol–water partition coefficient (Wildman–Crippen LogP) is 2.23. The fraction of sp³-hybridized carbons (Fsp3) is 0.300. The molecule has 0 aromatic heterocycles. The molecule has 0 aliphatic heterocycles. The molecule has 4 N–H and O–H groups in total. The maximum atomic E-state index is 12.2. The van der Waals surface area contributed by atoms with Crippen molar-refractivity contribution in [3.8, 4) is 11.5 Å². The summed E-state index contributed by atoms with van der Waals surface area (Å²) >= 11 is 0. The summed E-state index contributed by atoms with van der Waals surface area (Å²) in [6, 6.07) is 9.56. The van der Waals surface area contributed by atoms with Gasteiger partial charge in [0.25, 0.3) is 5.91 Å². The van der Waals surface area contributed by atoms with Gasteiger partial charge in [-0.25, -0.2) is 4.79 Å². The Balaban J connectivity index is 2.00. The molecule has 0 aliphatic rings. The van der Waals surface area contributed by atoms with Gasteiger partial charge >= 0.3 is 6.03 Å². The first-order valence-corrected chi connectivity index (χ1v) is 8.67. The number of urea groups is 1. The Bertz CT molecular complexity index is 854. The topological polar surface area (TPSA) is 109 Å². The first-order chi connectivity index (χ1) is 13.4. The number of hydrogen-bond acceptors (Lipinski definition) is 5. The summed E-state index contributed by atoms with van der Waals surface area (Å²) < 4.78 is 10.4. The number of aliphatic hydroxyl groups is 1. The van der Waals surface area contributed by atoms with E-state index in [2.05, 4.69) is 16.0 Å². The van der Waals surface area contributed by atoms with E-state index >= 15 is 0 Å². The average Bonchev–Trinajstić information content (AvgIpc) is 2.72. The lowest BCUT2D eigenvalue weighted by Gasteiger charge is -2.17. The highest BCUT2D eigenvalue weighted by Gasteiger charge is 2.16. The Kier molecular flexibility index (Phi) is 7.22. The van der Waals surface area contributed by atoms with Crippen molar-refractivity contribution in [2.75, 3.05) is 33.1 Å². The highest BCUT2D eigenvalue weighted by Crippen LogP contribution is 2.29. The lowest BCUT2D eigenvalue weighted by molar-refractivity contribution is 0.0963. The van der Waals surface area contributed by atoms with Crippen molar-refractivity contribution in [3.63, 3.8) is 0 Å². The van der Waals surface area contributed by atoms with E-state index in [1.165, 1.54) is 14.2 Å². The monoisotopic (exact) mass is 387 g/mol. The van der Waals surface area contributed by atoms with Gasteiger partial charge in [-0.3, -0.25) is 4.79 Å². The molecular formula is C20H25N3O5. The number of amides is 3. The maximum Gasteiger partial charge on any atom is 0.319 e. The van der Waals surface area contributed by atoms with Crippen LogP contribution in [0.4, 0.5) is 10.5 Å². The first kappa shape index (κ1) is 21.0. The Hall–Kier alpha value is -3.26. The second-order valence-electron chi connectivity index (χ2n) is 6.07. The van der Waals surface area contributed by atoms with Crippen LogP contribution < -0.4 is 25.4 Å². The molecule has 0 fully saturated rings. The van der Waals surface area contributed by atoms with Crippen LogP contribution in [0.2, 0.25) is 0 Å². The maximum absolute atomic E-state index is 12.2. The largest absolute Gasteiger partial charge is 0.497 e. The third kappa shape index (κ3) is 5.14. The molecule has 8 nitrogen and oxygen atoms in total. The van der Waals surface area contributed by atoms with E-state index < -0.39 is 12.1 Å². The van der Waals surface area contributed by atoms with Crippen LogP contribution in [0.1, 0.15) is 27.6 Å². The van der Waals surface area contributed by atoms with Gasteiger partial charge in [0, 0.05) is 30.4 Å². The van der Waals surface area contributed by atoms with E-state index in [4.69, 9.17) is 9.47 Å². The normalized spacial score (nSPS) is 11.3. The van der Waals surface area contributed by atoms with Crippen molar-refractivity contribution >= 4 is 17.6 Å². The van der Waals surface area contributed by atoms with Crippen LogP contribution in [0.5, 0.6) is 11.5 Å². The average molecular weight is 387 g/mol. The minimum atomic E-state index is -0.979. The van der Waals surface area contributed by atoms with Crippen molar-refractivity contribution in [1.82, 2.24) is 10.6 Å². The van der Waals surface area contributed by atoms with Gasteiger partial charge < -0.3 is 30.5 Å². The number of carbonyl (C=O) groups excluding carboxylic acids is 2. The van der Waals surface area contributed by atoms with Crippen LogP contribution in [0.25, 0.3) is 0 Å². The van der Waals surface area contributed by atoms with E-state index in [9.17, 15) is 14.7 Å². The third-order valence-electron chi connectivity index (χ3n) is 4.22. The second kappa shape index (κ2) is 9.61. The van der Waals surface area contributed by atoms with Crippen LogP contribution in [-0.2, 0) is 0 Å². The number of anilines is 1. The second-order valence-corrected chi connectivity index (χ2v) is 6.07. The van der Waals surface area contributed by atoms with Gasteiger partial charge in [-0.2, -0.15) is 0 Å².